The van der Waals surface area contributed by atoms with Gasteiger partial charge in [0.1, 0.15) is 32.9 Å². The number of benzene rings is 2. The second-order valence-corrected chi connectivity index (χ2v) is 7.22. The standard InChI is InChI=1S/C22H25Cl2N3O6/c1-6-32-14-10-11-15(33-7-2)20(18(14)24)25-22(29)19(12(3)28)27-26-13-8-9-16(30-4)21(31-5)17(13)23/h8-11,19H,6-7H2,1-5H3,(H,25,29). The molecule has 2 rings (SSSR count). The van der Waals surface area contributed by atoms with Crippen LogP contribution >= 0.6 is 23.2 Å². The van der Waals surface area contributed by atoms with Crippen LogP contribution in [0.4, 0.5) is 11.4 Å². The molecular formula is C22H25Cl2N3O6. The molecule has 0 aromatic heterocycles. The Morgan fingerprint density at radius 3 is 2.12 bits per heavy atom. The fourth-order valence-electron chi connectivity index (χ4n) is 2.78. The first-order chi connectivity index (χ1) is 15.8. The molecule has 1 unspecified atom stereocenters. The second kappa shape index (κ2) is 12.3. The number of nitrogens with one attached hydrogen (secondary N) is 1. The van der Waals surface area contributed by atoms with Crippen molar-refractivity contribution in [1.29, 1.82) is 0 Å². The molecule has 1 amide bonds. The van der Waals surface area contributed by atoms with E-state index in [0.717, 1.165) is 0 Å². The van der Waals surface area contributed by atoms with Gasteiger partial charge in [-0.05, 0) is 45.0 Å². The number of methoxy groups -OCH3 is 2. The molecule has 0 bridgehead atoms. The number of nitrogens with zero attached hydrogens (tertiary/aromatic N) is 2. The van der Waals surface area contributed by atoms with Crippen molar-refractivity contribution in [3.8, 4) is 23.0 Å². The van der Waals surface area contributed by atoms with Crippen LogP contribution in [0.2, 0.25) is 10.0 Å². The molecule has 11 heteroatoms. The van der Waals surface area contributed by atoms with E-state index >= 15 is 0 Å². The van der Waals surface area contributed by atoms with E-state index in [9.17, 15) is 9.59 Å². The van der Waals surface area contributed by atoms with Gasteiger partial charge in [0.15, 0.2) is 17.3 Å². The highest BCUT2D eigenvalue weighted by Crippen LogP contribution is 2.42. The van der Waals surface area contributed by atoms with Crippen LogP contribution in [0.25, 0.3) is 0 Å². The third kappa shape index (κ3) is 6.27. The molecule has 1 atom stereocenters. The predicted molar refractivity (Wildman–Crippen MR) is 126 cm³/mol. The van der Waals surface area contributed by atoms with Gasteiger partial charge in [0.2, 0.25) is 6.04 Å². The lowest BCUT2D eigenvalue weighted by Crippen LogP contribution is -2.32. The quantitative estimate of drug-likeness (QED) is 0.324. The van der Waals surface area contributed by atoms with E-state index in [-0.39, 0.29) is 27.2 Å². The van der Waals surface area contributed by atoms with E-state index in [1.165, 1.54) is 27.2 Å². The van der Waals surface area contributed by atoms with Gasteiger partial charge in [-0.15, -0.1) is 0 Å². The lowest BCUT2D eigenvalue weighted by Gasteiger charge is -2.17. The van der Waals surface area contributed by atoms with Crippen LogP contribution in [0.1, 0.15) is 20.8 Å². The van der Waals surface area contributed by atoms with E-state index < -0.39 is 17.7 Å². The number of hydrogen-bond acceptors (Lipinski definition) is 8. The summed E-state index contributed by atoms with van der Waals surface area (Å²) in [5, 5.41) is 10.8. The minimum absolute atomic E-state index is 0.120. The fourth-order valence-corrected chi connectivity index (χ4v) is 3.31. The first kappa shape index (κ1) is 26.2. The number of carbonyl (C=O) groups excluding carboxylic acids is 2. The number of ketones is 1. The van der Waals surface area contributed by atoms with Gasteiger partial charge in [-0.2, -0.15) is 10.2 Å². The summed E-state index contributed by atoms with van der Waals surface area (Å²) in [4.78, 5) is 25.1. The summed E-state index contributed by atoms with van der Waals surface area (Å²) in [6.45, 7) is 5.52. The Bertz CT molecular complexity index is 1050. The Balaban J connectivity index is 2.38. The zero-order valence-electron chi connectivity index (χ0n) is 18.9. The van der Waals surface area contributed by atoms with Crippen molar-refractivity contribution in [1.82, 2.24) is 0 Å². The van der Waals surface area contributed by atoms with Crippen LogP contribution < -0.4 is 24.3 Å². The van der Waals surface area contributed by atoms with E-state index in [0.29, 0.717) is 30.5 Å². The van der Waals surface area contributed by atoms with Crippen LogP contribution in [-0.4, -0.2) is 45.2 Å². The number of Topliss-reactive ketones (excluding diaryl/α,β-unsaturated/α-hetero) is 1. The number of carbonyl (C=O) groups is 2. The average Bonchev–Trinajstić information content (AvgIpc) is 2.78. The Morgan fingerprint density at radius 1 is 0.939 bits per heavy atom. The highest BCUT2D eigenvalue weighted by molar-refractivity contribution is 6.36. The minimum Gasteiger partial charge on any atom is -0.493 e. The third-order valence-electron chi connectivity index (χ3n) is 4.30. The Hall–Kier alpha value is -3.04. The number of hydrogen-bond donors (Lipinski definition) is 1. The molecule has 33 heavy (non-hydrogen) atoms. The zero-order valence-corrected chi connectivity index (χ0v) is 20.4. The highest BCUT2D eigenvalue weighted by atomic mass is 35.5. The summed E-state index contributed by atoms with van der Waals surface area (Å²) < 4.78 is 21.4. The first-order valence-corrected chi connectivity index (χ1v) is 10.7. The van der Waals surface area contributed by atoms with E-state index in [4.69, 9.17) is 42.1 Å². The highest BCUT2D eigenvalue weighted by Gasteiger charge is 2.26. The molecule has 0 aliphatic heterocycles. The number of anilines is 1. The first-order valence-electron chi connectivity index (χ1n) is 9.99. The van der Waals surface area contributed by atoms with Crippen LogP contribution in [0.15, 0.2) is 34.5 Å². The lowest BCUT2D eigenvalue weighted by atomic mass is 10.2. The number of halogens is 2. The maximum absolute atomic E-state index is 12.9. The van der Waals surface area contributed by atoms with Crippen LogP contribution in [0, 0.1) is 0 Å². The van der Waals surface area contributed by atoms with Gasteiger partial charge in [-0.25, -0.2) is 0 Å². The van der Waals surface area contributed by atoms with Crippen molar-refractivity contribution in [3.05, 3.63) is 34.3 Å². The van der Waals surface area contributed by atoms with Gasteiger partial charge in [0.05, 0.1) is 27.4 Å². The molecule has 2 aromatic rings. The minimum atomic E-state index is -1.46. The van der Waals surface area contributed by atoms with E-state index in [1.54, 1.807) is 32.0 Å². The third-order valence-corrected chi connectivity index (χ3v) is 5.04. The topological polar surface area (TPSA) is 108 Å². The van der Waals surface area contributed by atoms with Crippen LogP contribution in [0.5, 0.6) is 23.0 Å². The van der Waals surface area contributed by atoms with Crippen molar-refractivity contribution in [2.24, 2.45) is 10.2 Å². The maximum atomic E-state index is 12.9. The molecule has 178 valence electrons. The molecule has 0 radical (unpaired) electrons. The molecule has 9 nitrogen and oxygen atoms in total. The molecular weight excluding hydrogens is 473 g/mol. The molecule has 2 aromatic carbocycles. The molecule has 0 fully saturated rings. The summed E-state index contributed by atoms with van der Waals surface area (Å²) in [6, 6.07) is 4.89. The second-order valence-electron chi connectivity index (χ2n) is 6.47. The SMILES string of the molecule is CCOc1ccc(OCC)c(NC(=O)C(N=Nc2ccc(OC)c(OC)c2Cl)C(C)=O)c1Cl. The summed E-state index contributed by atoms with van der Waals surface area (Å²) in [5.41, 5.74) is 0.361. The predicted octanol–water partition coefficient (Wildman–Crippen LogP) is 5.49. The number of azo groups is 1. The van der Waals surface area contributed by atoms with E-state index in [1.807, 2.05) is 0 Å². The number of amides is 1. The van der Waals surface area contributed by atoms with Crippen LogP contribution in [-0.2, 0) is 9.59 Å². The number of ether oxygens (including phenoxy) is 4. The summed E-state index contributed by atoms with van der Waals surface area (Å²) in [5.74, 6) is 0.0367. The fraction of sp³-hybridized carbons (Fsp3) is 0.364. The molecule has 0 heterocycles. The monoisotopic (exact) mass is 497 g/mol. The van der Waals surface area contributed by atoms with Gasteiger partial charge in [-0.1, -0.05) is 23.2 Å². The Kier molecular flexibility index (Phi) is 9.74. The normalized spacial score (nSPS) is 11.7. The van der Waals surface area contributed by atoms with Gasteiger partial charge < -0.3 is 24.3 Å². The lowest BCUT2D eigenvalue weighted by molar-refractivity contribution is -0.126. The smallest absolute Gasteiger partial charge is 0.258 e. The molecule has 1 N–H and O–H groups in total. The summed E-state index contributed by atoms with van der Waals surface area (Å²) in [6.07, 6.45) is 0. The Morgan fingerprint density at radius 2 is 1.55 bits per heavy atom. The molecule has 0 saturated carbocycles. The molecule has 0 aliphatic rings. The van der Waals surface area contributed by atoms with Gasteiger partial charge in [0.25, 0.3) is 5.91 Å². The van der Waals surface area contributed by atoms with Gasteiger partial charge >= 0.3 is 0 Å². The zero-order chi connectivity index (χ0) is 24.5. The Labute approximate surface area is 202 Å². The van der Waals surface area contributed by atoms with Crippen molar-refractivity contribution in [3.63, 3.8) is 0 Å². The van der Waals surface area contributed by atoms with Crippen LogP contribution in [0.3, 0.4) is 0 Å². The van der Waals surface area contributed by atoms with Crippen molar-refractivity contribution in [2.75, 3.05) is 32.8 Å². The van der Waals surface area contributed by atoms with Crippen molar-refractivity contribution < 1.29 is 28.5 Å². The van der Waals surface area contributed by atoms with E-state index in [2.05, 4.69) is 15.5 Å². The summed E-state index contributed by atoms with van der Waals surface area (Å²) >= 11 is 12.7. The average molecular weight is 498 g/mol. The molecule has 0 aliphatic carbocycles. The van der Waals surface area contributed by atoms with Gasteiger partial charge in [-0.3, -0.25) is 9.59 Å². The van der Waals surface area contributed by atoms with Gasteiger partial charge in [0, 0.05) is 0 Å². The molecule has 0 saturated heterocycles. The van der Waals surface area contributed by atoms with Crippen molar-refractivity contribution in [2.45, 2.75) is 26.8 Å². The number of rotatable bonds is 11. The summed E-state index contributed by atoms with van der Waals surface area (Å²) in [7, 11) is 2.89. The molecule has 0 spiro atoms. The largest absolute Gasteiger partial charge is 0.493 e. The van der Waals surface area contributed by atoms with Crippen molar-refractivity contribution >= 4 is 46.3 Å². The maximum Gasteiger partial charge on any atom is 0.258 e.